The molecule has 5 aromatic rings. The number of hydrogen-bond acceptors (Lipinski definition) is 6. The molecule has 8 nitrogen and oxygen atoms in total. The van der Waals surface area contributed by atoms with Gasteiger partial charge in [-0.2, -0.15) is 0 Å². The number of amides is 1. The molecule has 2 aromatic carbocycles. The number of pyridine rings is 1. The Morgan fingerprint density at radius 3 is 2.38 bits per heavy atom. The molecule has 0 unspecified atom stereocenters. The lowest BCUT2D eigenvalue weighted by Crippen LogP contribution is -2.42. The Labute approximate surface area is 249 Å². The molecule has 0 spiro atoms. The topological polar surface area (TPSA) is 88.8 Å². The molecule has 6 rings (SSSR count). The first kappa shape index (κ1) is 26.8. The Hall–Kier alpha value is -3.43. The van der Waals surface area contributed by atoms with Crippen molar-refractivity contribution in [1.29, 1.82) is 0 Å². The number of benzene rings is 2. The molecule has 0 saturated carbocycles. The minimum atomic E-state index is -0.0148. The number of fused-ring (bicyclic) bond motifs is 1. The molecule has 1 N–H and O–H groups in total. The summed E-state index contributed by atoms with van der Waals surface area (Å²) < 4.78 is 1.84. The van der Waals surface area contributed by atoms with Crippen LogP contribution in [0.1, 0.15) is 23.2 Å². The zero-order valence-electron chi connectivity index (χ0n) is 20.9. The largest absolute Gasteiger partial charge is 0.365 e. The summed E-state index contributed by atoms with van der Waals surface area (Å²) in [6.45, 7) is 1.22. The van der Waals surface area contributed by atoms with Gasteiger partial charge in [-0.15, -0.1) is 0 Å². The van der Waals surface area contributed by atoms with Crippen LogP contribution in [0.4, 0.5) is 5.82 Å². The molecule has 12 heteroatoms. The van der Waals surface area contributed by atoms with Crippen molar-refractivity contribution in [3.63, 3.8) is 0 Å². The molecule has 1 aliphatic heterocycles. The van der Waals surface area contributed by atoms with E-state index in [9.17, 15) is 4.79 Å². The van der Waals surface area contributed by atoms with E-state index < -0.39 is 0 Å². The third-order valence-electron chi connectivity index (χ3n) is 6.80. The van der Waals surface area contributed by atoms with Gasteiger partial charge in [-0.25, -0.2) is 15.0 Å². The molecular weight excluding hydrogens is 592 g/mol. The van der Waals surface area contributed by atoms with Crippen LogP contribution in [0, 0.1) is 0 Å². The molecule has 1 amide bonds. The van der Waals surface area contributed by atoms with E-state index in [1.165, 1.54) is 6.33 Å². The Bertz CT molecular complexity index is 1720. The molecular formula is C28H21Cl4N7O. The van der Waals surface area contributed by atoms with Gasteiger partial charge in [0.25, 0.3) is 5.91 Å². The van der Waals surface area contributed by atoms with Gasteiger partial charge in [0.1, 0.15) is 12.2 Å². The summed E-state index contributed by atoms with van der Waals surface area (Å²) in [6, 6.07) is 14.1. The molecule has 0 radical (unpaired) electrons. The quantitative estimate of drug-likeness (QED) is 0.226. The van der Waals surface area contributed by atoms with Crippen LogP contribution < -0.4 is 5.32 Å². The fourth-order valence-electron chi connectivity index (χ4n) is 4.83. The first-order chi connectivity index (χ1) is 19.4. The summed E-state index contributed by atoms with van der Waals surface area (Å²) >= 11 is 25.6. The van der Waals surface area contributed by atoms with Gasteiger partial charge in [0.2, 0.25) is 0 Å². The van der Waals surface area contributed by atoms with Crippen LogP contribution in [-0.2, 0) is 0 Å². The number of carbonyl (C=O) groups is 1. The fourth-order valence-corrected chi connectivity index (χ4v) is 5.82. The lowest BCUT2D eigenvalue weighted by molar-refractivity contribution is 0.0718. The van der Waals surface area contributed by atoms with Gasteiger partial charge in [0.15, 0.2) is 17.0 Å². The lowest BCUT2D eigenvalue weighted by atomic mass is 10.0. The van der Waals surface area contributed by atoms with Gasteiger partial charge < -0.3 is 10.2 Å². The van der Waals surface area contributed by atoms with Crippen molar-refractivity contribution in [2.24, 2.45) is 0 Å². The number of aromatic nitrogens is 5. The molecule has 0 aliphatic carbocycles. The highest BCUT2D eigenvalue weighted by Gasteiger charge is 2.26. The SMILES string of the molecule is O=C(c1cccnc1)N1CCC(Nc2ncnc3c2nc(-c2ccc(Cl)cc2Cl)n3-c2ccc(Cl)cc2Cl)CC1. The van der Waals surface area contributed by atoms with Crippen LogP contribution in [0.2, 0.25) is 20.1 Å². The number of rotatable bonds is 5. The second kappa shape index (κ2) is 11.2. The first-order valence-corrected chi connectivity index (χ1v) is 14.0. The Morgan fingerprint density at radius 2 is 1.68 bits per heavy atom. The number of nitrogens with zero attached hydrogens (tertiary/aromatic N) is 6. The van der Waals surface area contributed by atoms with Crippen LogP contribution in [0.25, 0.3) is 28.2 Å². The molecule has 1 aliphatic rings. The lowest BCUT2D eigenvalue weighted by Gasteiger charge is -2.32. The summed E-state index contributed by atoms with van der Waals surface area (Å²) in [7, 11) is 0. The van der Waals surface area contributed by atoms with E-state index in [0.29, 0.717) is 72.8 Å². The first-order valence-electron chi connectivity index (χ1n) is 12.5. The molecule has 40 heavy (non-hydrogen) atoms. The Balaban J connectivity index is 1.35. The highest BCUT2D eigenvalue weighted by atomic mass is 35.5. The van der Waals surface area contributed by atoms with Crippen molar-refractivity contribution < 1.29 is 4.79 Å². The van der Waals surface area contributed by atoms with Crippen molar-refractivity contribution in [1.82, 2.24) is 29.4 Å². The minimum absolute atomic E-state index is 0.0148. The monoisotopic (exact) mass is 611 g/mol. The van der Waals surface area contributed by atoms with E-state index in [1.807, 2.05) is 21.6 Å². The van der Waals surface area contributed by atoms with E-state index in [2.05, 4.69) is 20.3 Å². The van der Waals surface area contributed by atoms with E-state index in [1.54, 1.807) is 48.8 Å². The normalized spacial score (nSPS) is 14.1. The van der Waals surface area contributed by atoms with Crippen LogP contribution >= 0.6 is 46.4 Å². The number of nitrogens with one attached hydrogen (secondary N) is 1. The second-order valence-electron chi connectivity index (χ2n) is 9.34. The van der Waals surface area contributed by atoms with Gasteiger partial charge in [0.05, 0.1) is 21.3 Å². The zero-order valence-corrected chi connectivity index (χ0v) is 23.9. The van der Waals surface area contributed by atoms with Crippen LogP contribution in [0.15, 0.2) is 67.3 Å². The van der Waals surface area contributed by atoms with Crippen molar-refractivity contribution in [2.75, 3.05) is 18.4 Å². The van der Waals surface area contributed by atoms with E-state index in [0.717, 1.165) is 12.8 Å². The minimum Gasteiger partial charge on any atom is -0.365 e. The summed E-state index contributed by atoms with van der Waals surface area (Å²) in [4.78, 5) is 32.8. The van der Waals surface area contributed by atoms with E-state index in [4.69, 9.17) is 51.4 Å². The third-order valence-corrected chi connectivity index (χ3v) is 7.88. The highest BCUT2D eigenvalue weighted by Crippen LogP contribution is 2.37. The number of halogens is 4. The second-order valence-corrected chi connectivity index (χ2v) is 11.0. The summed E-state index contributed by atoms with van der Waals surface area (Å²) in [5.74, 6) is 1.09. The van der Waals surface area contributed by atoms with E-state index in [-0.39, 0.29) is 11.9 Å². The van der Waals surface area contributed by atoms with Gasteiger partial charge >= 0.3 is 0 Å². The fraction of sp³-hybridized carbons (Fsp3) is 0.179. The molecule has 1 saturated heterocycles. The smallest absolute Gasteiger partial charge is 0.255 e. The third kappa shape index (κ3) is 5.20. The van der Waals surface area contributed by atoms with Crippen molar-refractivity contribution >= 4 is 69.3 Å². The molecule has 4 heterocycles. The number of anilines is 1. The highest BCUT2D eigenvalue weighted by molar-refractivity contribution is 6.37. The predicted molar refractivity (Wildman–Crippen MR) is 159 cm³/mol. The van der Waals surface area contributed by atoms with Crippen molar-refractivity contribution in [3.8, 4) is 17.1 Å². The summed E-state index contributed by atoms with van der Waals surface area (Å²) in [5.41, 5.74) is 2.99. The molecule has 1 fully saturated rings. The average Bonchev–Trinajstić information content (AvgIpc) is 3.33. The number of likely N-dealkylation sites (tertiary alicyclic amines) is 1. The van der Waals surface area contributed by atoms with Crippen molar-refractivity contribution in [2.45, 2.75) is 18.9 Å². The number of carbonyl (C=O) groups excluding carboxylic acids is 1. The van der Waals surface area contributed by atoms with Gasteiger partial charge in [-0.3, -0.25) is 14.3 Å². The summed E-state index contributed by atoms with van der Waals surface area (Å²) in [5, 5.41) is 5.41. The number of imidazole rings is 1. The predicted octanol–water partition coefficient (Wildman–Crippen LogP) is 7.21. The van der Waals surface area contributed by atoms with Crippen LogP contribution in [-0.4, -0.2) is 54.4 Å². The average molecular weight is 613 g/mol. The van der Waals surface area contributed by atoms with Crippen molar-refractivity contribution in [3.05, 3.63) is 92.9 Å². The van der Waals surface area contributed by atoms with Gasteiger partial charge in [-0.05, 0) is 61.4 Å². The number of piperidine rings is 1. The standard InChI is InChI=1S/C28H21Cl4N7O/c29-17-3-5-20(21(31)12-17)26-37-24-25(34-15-35-27(24)39(26)23-6-4-18(30)13-22(23)32)36-19-7-10-38(11-8-19)28(40)16-2-1-9-33-14-16/h1-6,9,12-15,19H,7-8,10-11H2,(H,34,35,36). The van der Waals surface area contributed by atoms with Crippen LogP contribution in [0.3, 0.4) is 0 Å². The Kier molecular flexibility index (Phi) is 7.51. The molecule has 202 valence electrons. The summed E-state index contributed by atoms with van der Waals surface area (Å²) in [6.07, 6.45) is 6.23. The maximum atomic E-state index is 12.8. The Morgan fingerprint density at radius 1 is 0.925 bits per heavy atom. The number of hydrogen-bond donors (Lipinski definition) is 1. The van der Waals surface area contributed by atoms with Gasteiger partial charge in [-0.1, -0.05) is 46.4 Å². The zero-order chi connectivity index (χ0) is 27.8. The van der Waals surface area contributed by atoms with Crippen LogP contribution in [0.5, 0.6) is 0 Å². The maximum absolute atomic E-state index is 12.8. The molecule has 3 aromatic heterocycles. The van der Waals surface area contributed by atoms with E-state index >= 15 is 0 Å². The molecule has 0 bridgehead atoms. The maximum Gasteiger partial charge on any atom is 0.255 e. The van der Waals surface area contributed by atoms with Gasteiger partial charge in [0, 0.05) is 47.1 Å². The molecule has 0 atom stereocenters.